The first-order chi connectivity index (χ1) is 7.63. The van der Waals surface area contributed by atoms with E-state index in [-0.39, 0.29) is 5.91 Å². The summed E-state index contributed by atoms with van der Waals surface area (Å²) in [6.45, 7) is 5.18. The first kappa shape index (κ1) is 12.9. The average Bonchev–Trinajstić information content (AvgIpc) is 2.30. The van der Waals surface area contributed by atoms with E-state index in [1.54, 1.807) is 17.2 Å². The van der Waals surface area contributed by atoms with Gasteiger partial charge in [0.2, 0.25) is 0 Å². The van der Waals surface area contributed by atoms with E-state index in [1.165, 1.54) is 0 Å². The van der Waals surface area contributed by atoms with Crippen molar-refractivity contribution in [3.05, 3.63) is 22.3 Å². The van der Waals surface area contributed by atoms with Crippen LogP contribution >= 0.6 is 15.9 Å². The third-order valence-corrected chi connectivity index (χ3v) is 2.71. The summed E-state index contributed by atoms with van der Waals surface area (Å²) in [5.41, 5.74) is 2.90. The number of pyridine rings is 1. The number of hydrogen-bond donors (Lipinski definition) is 2. The van der Waals surface area contributed by atoms with Crippen LogP contribution in [-0.4, -0.2) is 28.9 Å². The van der Waals surface area contributed by atoms with Gasteiger partial charge in [-0.2, -0.15) is 0 Å². The molecule has 0 spiro atoms. The van der Waals surface area contributed by atoms with E-state index < -0.39 is 0 Å². The SMILES string of the molecule is CCN(CC)C(=O)c1cc(Br)cnc1NN. The van der Waals surface area contributed by atoms with Crippen molar-refractivity contribution >= 4 is 27.7 Å². The van der Waals surface area contributed by atoms with Crippen molar-refractivity contribution < 1.29 is 4.79 Å². The van der Waals surface area contributed by atoms with Crippen LogP contribution in [-0.2, 0) is 0 Å². The molecule has 3 N–H and O–H groups in total. The maximum absolute atomic E-state index is 12.1. The lowest BCUT2D eigenvalue weighted by Crippen LogP contribution is -2.31. The largest absolute Gasteiger partial charge is 0.339 e. The van der Waals surface area contributed by atoms with Crippen LogP contribution in [0.2, 0.25) is 0 Å². The minimum absolute atomic E-state index is 0.0771. The molecule has 0 atom stereocenters. The molecule has 0 saturated heterocycles. The molecule has 0 unspecified atom stereocenters. The summed E-state index contributed by atoms with van der Waals surface area (Å²) in [7, 11) is 0. The maximum atomic E-state index is 12.1. The van der Waals surface area contributed by atoms with Crippen molar-refractivity contribution in [2.45, 2.75) is 13.8 Å². The highest BCUT2D eigenvalue weighted by Gasteiger charge is 2.17. The Morgan fingerprint density at radius 2 is 2.19 bits per heavy atom. The van der Waals surface area contributed by atoms with E-state index in [4.69, 9.17) is 5.84 Å². The topological polar surface area (TPSA) is 71.2 Å². The molecule has 1 rings (SSSR count). The molecule has 16 heavy (non-hydrogen) atoms. The van der Waals surface area contributed by atoms with Crippen molar-refractivity contribution in [3.8, 4) is 0 Å². The van der Waals surface area contributed by atoms with Gasteiger partial charge in [-0.15, -0.1) is 0 Å². The zero-order valence-corrected chi connectivity index (χ0v) is 10.9. The number of nitrogens with zero attached hydrogens (tertiary/aromatic N) is 2. The summed E-state index contributed by atoms with van der Waals surface area (Å²) < 4.78 is 0.752. The zero-order valence-electron chi connectivity index (χ0n) is 9.33. The molecule has 0 aromatic carbocycles. The van der Waals surface area contributed by atoms with Crippen LogP contribution in [0.3, 0.4) is 0 Å². The third kappa shape index (κ3) is 2.70. The van der Waals surface area contributed by atoms with Gasteiger partial charge in [0, 0.05) is 23.8 Å². The zero-order chi connectivity index (χ0) is 12.1. The quantitative estimate of drug-likeness (QED) is 0.652. The Morgan fingerprint density at radius 1 is 1.56 bits per heavy atom. The van der Waals surface area contributed by atoms with Gasteiger partial charge in [-0.25, -0.2) is 10.8 Å². The molecular weight excluding hydrogens is 272 g/mol. The summed E-state index contributed by atoms with van der Waals surface area (Å²) in [4.78, 5) is 17.9. The minimum Gasteiger partial charge on any atom is -0.339 e. The number of nitrogens with one attached hydrogen (secondary N) is 1. The maximum Gasteiger partial charge on any atom is 0.257 e. The fourth-order valence-corrected chi connectivity index (χ4v) is 1.73. The van der Waals surface area contributed by atoms with Crippen LogP contribution in [0, 0.1) is 0 Å². The first-order valence-electron chi connectivity index (χ1n) is 5.05. The van der Waals surface area contributed by atoms with E-state index in [2.05, 4.69) is 26.3 Å². The summed E-state index contributed by atoms with van der Waals surface area (Å²) in [5, 5.41) is 0. The molecule has 1 aromatic rings. The second-order valence-electron chi connectivity index (χ2n) is 3.17. The van der Waals surface area contributed by atoms with Gasteiger partial charge in [-0.1, -0.05) is 0 Å². The molecule has 0 radical (unpaired) electrons. The van der Waals surface area contributed by atoms with Crippen LogP contribution < -0.4 is 11.3 Å². The summed E-state index contributed by atoms with van der Waals surface area (Å²) in [5.74, 6) is 5.63. The monoisotopic (exact) mass is 286 g/mol. The van der Waals surface area contributed by atoms with Crippen LogP contribution in [0.15, 0.2) is 16.7 Å². The van der Waals surface area contributed by atoms with Crippen LogP contribution in [0.5, 0.6) is 0 Å². The third-order valence-electron chi connectivity index (χ3n) is 2.27. The molecule has 0 bridgehead atoms. The first-order valence-corrected chi connectivity index (χ1v) is 5.84. The lowest BCUT2D eigenvalue weighted by atomic mass is 10.2. The second kappa shape index (κ2) is 5.81. The average molecular weight is 287 g/mol. The van der Waals surface area contributed by atoms with Crippen molar-refractivity contribution in [1.82, 2.24) is 9.88 Å². The molecule has 6 heteroatoms. The second-order valence-corrected chi connectivity index (χ2v) is 4.09. The number of hydrazine groups is 1. The molecule has 1 amide bonds. The van der Waals surface area contributed by atoms with Gasteiger partial charge in [0.05, 0.1) is 5.56 Å². The minimum atomic E-state index is -0.0771. The molecule has 0 fully saturated rings. The van der Waals surface area contributed by atoms with Gasteiger partial charge in [0.1, 0.15) is 0 Å². The highest BCUT2D eigenvalue weighted by molar-refractivity contribution is 9.10. The number of carbonyl (C=O) groups is 1. The standard InChI is InChI=1S/C10H15BrN4O/c1-3-15(4-2)10(16)8-5-7(11)6-13-9(8)14-12/h5-6H,3-4,12H2,1-2H3,(H,13,14). The Balaban J connectivity index is 3.10. The molecule has 0 aliphatic rings. The van der Waals surface area contributed by atoms with E-state index in [1.807, 2.05) is 13.8 Å². The molecule has 1 heterocycles. The van der Waals surface area contributed by atoms with Gasteiger partial charge in [-0.05, 0) is 35.8 Å². The summed E-state index contributed by atoms with van der Waals surface area (Å²) >= 11 is 3.28. The van der Waals surface area contributed by atoms with Crippen molar-refractivity contribution in [2.75, 3.05) is 18.5 Å². The van der Waals surface area contributed by atoms with Crippen LogP contribution in [0.4, 0.5) is 5.82 Å². The molecule has 1 aromatic heterocycles. The number of hydrogen-bond acceptors (Lipinski definition) is 4. The molecule has 88 valence electrons. The Hall–Kier alpha value is -1.14. The fraction of sp³-hybridized carbons (Fsp3) is 0.400. The van der Waals surface area contributed by atoms with E-state index in [0.29, 0.717) is 24.5 Å². The smallest absolute Gasteiger partial charge is 0.257 e. The van der Waals surface area contributed by atoms with Crippen molar-refractivity contribution in [1.29, 1.82) is 0 Å². The number of anilines is 1. The Morgan fingerprint density at radius 3 is 2.69 bits per heavy atom. The normalized spacial score (nSPS) is 10.0. The van der Waals surface area contributed by atoms with Crippen molar-refractivity contribution in [3.63, 3.8) is 0 Å². The lowest BCUT2D eigenvalue weighted by Gasteiger charge is -2.19. The molecule has 0 aliphatic carbocycles. The van der Waals surface area contributed by atoms with E-state index in [0.717, 1.165) is 4.47 Å². The van der Waals surface area contributed by atoms with Gasteiger partial charge in [0.25, 0.3) is 5.91 Å². The van der Waals surface area contributed by atoms with Gasteiger partial charge in [0.15, 0.2) is 5.82 Å². The number of aromatic nitrogens is 1. The number of halogens is 1. The van der Waals surface area contributed by atoms with E-state index >= 15 is 0 Å². The van der Waals surface area contributed by atoms with Crippen molar-refractivity contribution in [2.24, 2.45) is 5.84 Å². The number of rotatable bonds is 4. The predicted molar refractivity (Wildman–Crippen MR) is 67.0 cm³/mol. The lowest BCUT2D eigenvalue weighted by molar-refractivity contribution is 0.0773. The number of carbonyl (C=O) groups excluding carboxylic acids is 1. The number of nitrogens with two attached hydrogens (primary N) is 1. The Labute approximate surface area is 103 Å². The van der Waals surface area contributed by atoms with Gasteiger partial charge >= 0.3 is 0 Å². The Kier molecular flexibility index (Phi) is 4.70. The molecule has 5 nitrogen and oxygen atoms in total. The number of nitrogen functional groups attached to an aromatic ring is 1. The van der Waals surface area contributed by atoms with Crippen LogP contribution in [0.25, 0.3) is 0 Å². The molecule has 0 saturated carbocycles. The fourth-order valence-electron chi connectivity index (χ4n) is 1.40. The highest BCUT2D eigenvalue weighted by Crippen LogP contribution is 2.18. The summed E-state index contributed by atoms with van der Waals surface area (Å²) in [6, 6.07) is 1.71. The van der Waals surface area contributed by atoms with Gasteiger partial charge in [-0.3, -0.25) is 4.79 Å². The Bertz CT molecular complexity index is 379. The summed E-state index contributed by atoms with van der Waals surface area (Å²) in [6.07, 6.45) is 1.59. The predicted octanol–water partition coefficient (Wildman–Crippen LogP) is 1.61. The van der Waals surface area contributed by atoms with Crippen LogP contribution in [0.1, 0.15) is 24.2 Å². The molecular formula is C10H15BrN4O. The highest BCUT2D eigenvalue weighted by atomic mass is 79.9. The van der Waals surface area contributed by atoms with E-state index in [9.17, 15) is 4.79 Å². The number of amides is 1. The van der Waals surface area contributed by atoms with Gasteiger partial charge < -0.3 is 10.3 Å². The molecule has 0 aliphatic heterocycles.